The molecule has 0 aromatic carbocycles. The molecule has 1 aromatic heterocycles. The first-order valence-corrected chi connectivity index (χ1v) is 5.95. The van der Waals surface area contributed by atoms with Crippen LogP contribution in [0.2, 0.25) is 0 Å². The number of carbonyl (C=O) groups is 1. The Kier molecular flexibility index (Phi) is 3.22. The van der Waals surface area contributed by atoms with Crippen molar-refractivity contribution in [1.29, 1.82) is 0 Å². The zero-order chi connectivity index (χ0) is 11.5. The topological polar surface area (TPSA) is 62.3 Å². The fourth-order valence-electron chi connectivity index (χ4n) is 1.48. The van der Waals surface area contributed by atoms with Crippen molar-refractivity contribution in [2.75, 3.05) is 7.11 Å². The fourth-order valence-corrected chi connectivity index (χ4v) is 2.43. The summed E-state index contributed by atoms with van der Waals surface area (Å²) in [6, 6.07) is 1.64. The Labute approximate surface area is 94.8 Å². The maximum absolute atomic E-state index is 10.7. The summed E-state index contributed by atoms with van der Waals surface area (Å²) in [5, 5.41) is 8.79. The Bertz CT molecular complexity index is 462. The summed E-state index contributed by atoms with van der Waals surface area (Å²) in [4.78, 5) is 13.4. The van der Waals surface area contributed by atoms with Crippen molar-refractivity contribution in [3.63, 3.8) is 0 Å². The lowest BCUT2D eigenvalue weighted by atomic mass is 10.1. The molecule has 0 fully saturated rings. The van der Waals surface area contributed by atoms with Crippen molar-refractivity contribution in [2.24, 2.45) is 0 Å². The van der Waals surface area contributed by atoms with Crippen molar-refractivity contribution in [2.45, 2.75) is 5.85 Å². The van der Waals surface area contributed by atoms with Gasteiger partial charge in [0.1, 0.15) is 5.69 Å². The van der Waals surface area contributed by atoms with Crippen LogP contribution >= 0.6 is 8.58 Å². The second-order valence-electron chi connectivity index (χ2n) is 3.39. The van der Waals surface area contributed by atoms with Gasteiger partial charge in [0, 0.05) is 18.9 Å². The summed E-state index contributed by atoms with van der Waals surface area (Å²) in [7, 11) is 2.25. The van der Waals surface area contributed by atoms with E-state index in [9.17, 15) is 4.79 Å². The van der Waals surface area contributed by atoms with Crippen LogP contribution in [0.4, 0.5) is 0 Å². The molecular weight excluding hydrogens is 225 g/mol. The average Bonchev–Trinajstić information content (AvgIpc) is 2.78. The fraction of sp³-hybridized carbons (Fsp3) is 0.182. The number of nitrogens with one attached hydrogen (secondary N) is 1. The van der Waals surface area contributed by atoms with Crippen molar-refractivity contribution >= 4 is 20.1 Å². The molecule has 0 saturated heterocycles. The summed E-state index contributed by atoms with van der Waals surface area (Å²) in [6.45, 7) is 0. The molecule has 16 heavy (non-hydrogen) atoms. The van der Waals surface area contributed by atoms with Crippen LogP contribution in [0.5, 0.6) is 0 Å². The maximum Gasteiger partial charge on any atom is 0.352 e. The normalized spacial score (nSPS) is 21.1. The van der Waals surface area contributed by atoms with E-state index in [0.717, 1.165) is 11.1 Å². The Hall–Kier alpha value is -1.38. The van der Waals surface area contributed by atoms with E-state index in [1.807, 2.05) is 12.2 Å². The molecule has 2 N–H and O–H groups in total. The van der Waals surface area contributed by atoms with Gasteiger partial charge in [-0.3, -0.25) is 0 Å². The monoisotopic (exact) mass is 237 g/mol. The molecular formula is C11H12NO3P. The number of methoxy groups -OCH3 is 1. The number of H-pyrrole nitrogens is 1. The third-order valence-electron chi connectivity index (χ3n) is 2.35. The Morgan fingerprint density at radius 2 is 2.44 bits per heavy atom. The van der Waals surface area contributed by atoms with Gasteiger partial charge in [0.05, 0.1) is 5.85 Å². The zero-order valence-corrected chi connectivity index (χ0v) is 9.73. The third-order valence-corrected chi connectivity index (χ3v) is 3.59. The van der Waals surface area contributed by atoms with E-state index in [1.54, 1.807) is 19.4 Å². The second-order valence-corrected chi connectivity index (χ2v) is 4.58. The van der Waals surface area contributed by atoms with Crippen molar-refractivity contribution < 1.29 is 14.6 Å². The van der Waals surface area contributed by atoms with Gasteiger partial charge in [0.15, 0.2) is 0 Å². The minimum absolute atomic E-state index is 0.154. The van der Waals surface area contributed by atoms with Crippen LogP contribution in [0.1, 0.15) is 16.1 Å². The molecule has 5 heteroatoms. The van der Waals surface area contributed by atoms with Crippen LogP contribution < -0.4 is 0 Å². The first kappa shape index (κ1) is 11.1. The smallest absolute Gasteiger partial charge is 0.352 e. The number of aromatic carboxylic acids is 1. The summed E-state index contributed by atoms with van der Waals surface area (Å²) < 4.78 is 5.20. The van der Waals surface area contributed by atoms with Gasteiger partial charge < -0.3 is 14.8 Å². The molecule has 2 unspecified atom stereocenters. The van der Waals surface area contributed by atoms with Gasteiger partial charge in [-0.15, -0.1) is 0 Å². The molecule has 0 bridgehead atoms. The van der Waals surface area contributed by atoms with Crippen LogP contribution in [-0.4, -0.2) is 29.0 Å². The molecule has 0 aliphatic carbocycles. The Balaban J connectivity index is 2.17. The number of ether oxygens (including phenoxy) is 1. The molecule has 4 nitrogen and oxygen atoms in total. The van der Waals surface area contributed by atoms with Gasteiger partial charge >= 0.3 is 5.97 Å². The number of aromatic amines is 1. The minimum Gasteiger partial charge on any atom is -0.477 e. The number of allylic oxidation sites excluding steroid dienone is 2. The quantitative estimate of drug-likeness (QED) is 0.793. The Morgan fingerprint density at radius 1 is 1.62 bits per heavy atom. The lowest BCUT2D eigenvalue weighted by molar-refractivity contribution is 0.0691. The first-order valence-electron chi connectivity index (χ1n) is 4.80. The summed E-state index contributed by atoms with van der Waals surface area (Å²) >= 11 is 0. The van der Waals surface area contributed by atoms with Crippen LogP contribution in [0.25, 0.3) is 5.57 Å². The SMILES string of the molecule is COC1C=CC(c2c[nH]c(C(=O)O)c2)=CP1. The number of carboxylic acids is 1. The first-order chi connectivity index (χ1) is 7.70. The highest BCUT2D eigenvalue weighted by atomic mass is 31.1. The highest BCUT2D eigenvalue weighted by Crippen LogP contribution is 2.33. The van der Waals surface area contributed by atoms with Crippen molar-refractivity contribution in [3.05, 3.63) is 41.5 Å². The van der Waals surface area contributed by atoms with Crippen LogP contribution in [-0.2, 0) is 4.74 Å². The van der Waals surface area contributed by atoms with E-state index in [-0.39, 0.29) is 11.5 Å². The number of aromatic nitrogens is 1. The molecule has 0 spiro atoms. The van der Waals surface area contributed by atoms with Crippen molar-refractivity contribution in [3.8, 4) is 0 Å². The van der Waals surface area contributed by atoms with Gasteiger partial charge in [-0.25, -0.2) is 4.79 Å². The summed E-state index contributed by atoms with van der Waals surface area (Å²) in [5.41, 5.74) is 2.15. The highest BCUT2D eigenvalue weighted by molar-refractivity contribution is 7.43. The van der Waals surface area contributed by atoms with Crippen LogP contribution in [0, 0.1) is 0 Å². The lowest BCUT2D eigenvalue weighted by Crippen LogP contribution is -2.00. The largest absolute Gasteiger partial charge is 0.477 e. The molecule has 2 rings (SSSR count). The average molecular weight is 237 g/mol. The van der Waals surface area contributed by atoms with Gasteiger partial charge in [-0.2, -0.15) is 0 Å². The Morgan fingerprint density at radius 3 is 2.94 bits per heavy atom. The predicted octanol–water partition coefficient (Wildman–Crippen LogP) is 2.27. The summed E-state index contributed by atoms with van der Waals surface area (Å²) in [5.74, 6) is 1.29. The molecule has 84 valence electrons. The summed E-state index contributed by atoms with van der Waals surface area (Å²) in [6.07, 6.45) is 5.65. The molecule has 0 amide bonds. The maximum atomic E-state index is 10.7. The van der Waals surface area contributed by atoms with E-state index < -0.39 is 5.97 Å². The van der Waals surface area contributed by atoms with E-state index >= 15 is 0 Å². The predicted molar refractivity (Wildman–Crippen MR) is 64.0 cm³/mol. The molecule has 0 saturated carbocycles. The molecule has 2 atom stereocenters. The number of hydrogen-bond acceptors (Lipinski definition) is 2. The minimum atomic E-state index is -0.941. The number of carboxylic acid groups (broad SMARTS) is 1. The van der Waals surface area contributed by atoms with E-state index in [0.29, 0.717) is 8.58 Å². The molecule has 0 radical (unpaired) electrons. The number of rotatable bonds is 3. The zero-order valence-electron chi connectivity index (χ0n) is 8.73. The van der Waals surface area contributed by atoms with Gasteiger partial charge in [-0.05, 0) is 11.6 Å². The van der Waals surface area contributed by atoms with Crippen LogP contribution in [0.15, 0.2) is 30.2 Å². The highest BCUT2D eigenvalue weighted by Gasteiger charge is 2.11. The van der Waals surface area contributed by atoms with Gasteiger partial charge in [-0.1, -0.05) is 26.5 Å². The van der Waals surface area contributed by atoms with Crippen molar-refractivity contribution in [1.82, 2.24) is 4.98 Å². The molecule has 2 heterocycles. The third kappa shape index (κ3) is 2.23. The lowest BCUT2D eigenvalue weighted by Gasteiger charge is -2.13. The second kappa shape index (κ2) is 4.64. The van der Waals surface area contributed by atoms with E-state index in [1.165, 1.54) is 0 Å². The van der Waals surface area contributed by atoms with Gasteiger partial charge in [0.25, 0.3) is 0 Å². The molecule has 1 aromatic rings. The van der Waals surface area contributed by atoms with Crippen LogP contribution in [0.3, 0.4) is 0 Å². The van der Waals surface area contributed by atoms with Gasteiger partial charge in [0.2, 0.25) is 0 Å². The van der Waals surface area contributed by atoms with E-state index in [4.69, 9.17) is 9.84 Å². The van der Waals surface area contributed by atoms with E-state index in [2.05, 4.69) is 10.8 Å². The molecule has 1 aliphatic rings. The number of hydrogen-bond donors (Lipinski definition) is 2. The molecule has 1 aliphatic heterocycles. The standard InChI is InChI=1S/C11H12NO3P/c1-15-10-3-2-7(6-16-10)8-4-9(11(13)14)12-5-8/h2-6,10,12,16H,1H3,(H,13,14).